The topological polar surface area (TPSA) is 112 Å². The number of aliphatic hydroxyl groups excluding tert-OH is 1. The van der Waals surface area contributed by atoms with Crippen molar-refractivity contribution in [1.29, 1.82) is 0 Å². The minimum atomic E-state index is -4.75. The Labute approximate surface area is 211 Å². The highest BCUT2D eigenvalue weighted by Crippen LogP contribution is 2.42. The van der Waals surface area contributed by atoms with Crippen molar-refractivity contribution in [2.75, 3.05) is 0 Å². The molecule has 0 fully saturated rings. The molecule has 14 heteroatoms. The lowest BCUT2D eigenvalue weighted by atomic mass is 10.1. The molecule has 0 aliphatic carbocycles. The number of halogens is 5. The SMILES string of the molecule is CCn1c(CO)nn(-c2cc(O[C@@H](C)C(F)(F)F)c3c(Oc4c(F)ccc(O)c4Cl)nccc3c2)c1=O. The van der Waals surface area contributed by atoms with E-state index in [0.717, 1.165) is 29.8 Å². The fraction of sp³-hybridized carbons (Fsp3) is 0.261. The molecule has 0 saturated carbocycles. The molecule has 0 unspecified atom stereocenters. The number of pyridine rings is 1. The Morgan fingerprint density at radius 2 is 1.95 bits per heavy atom. The first-order valence-electron chi connectivity index (χ1n) is 10.8. The van der Waals surface area contributed by atoms with Gasteiger partial charge >= 0.3 is 11.9 Å². The molecule has 0 radical (unpaired) electrons. The number of aliphatic hydroxyl groups is 1. The maximum absolute atomic E-state index is 14.4. The minimum Gasteiger partial charge on any atom is -0.506 e. The van der Waals surface area contributed by atoms with Crippen LogP contribution in [-0.2, 0) is 13.2 Å². The molecule has 0 bridgehead atoms. The van der Waals surface area contributed by atoms with E-state index < -0.39 is 52.7 Å². The first kappa shape index (κ1) is 26.2. The predicted molar refractivity (Wildman–Crippen MR) is 124 cm³/mol. The fourth-order valence-corrected chi connectivity index (χ4v) is 3.73. The molecule has 37 heavy (non-hydrogen) atoms. The Morgan fingerprint density at radius 3 is 2.57 bits per heavy atom. The summed E-state index contributed by atoms with van der Waals surface area (Å²) in [5.74, 6) is -2.79. The maximum atomic E-state index is 14.4. The van der Waals surface area contributed by atoms with Gasteiger partial charge in [0.05, 0.1) is 11.1 Å². The largest absolute Gasteiger partial charge is 0.506 e. The van der Waals surface area contributed by atoms with Crippen LogP contribution in [0.2, 0.25) is 5.02 Å². The molecule has 1 atom stereocenters. The van der Waals surface area contributed by atoms with Crippen molar-refractivity contribution in [3.8, 4) is 28.8 Å². The van der Waals surface area contributed by atoms with Gasteiger partial charge in [-0.3, -0.25) is 4.57 Å². The summed E-state index contributed by atoms with van der Waals surface area (Å²) in [5, 5.41) is 23.1. The number of fused-ring (bicyclic) bond motifs is 1. The van der Waals surface area contributed by atoms with E-state index in [2.05, 4.69) is 10.1 Å². The molecule has 196 valence electrons. The Morgan fingerprint density at radius 1 is 1.22 bits per heavy atom. The van der Waals surface area contributed by atoms with E-state index in [9.17, 15) is 32.6 Å². The number of phenolic OH excluding ortho intramolecular Hbond substituents is 1. The number of ether oxygens (including phenoxy) is 2. The first-order valence-corrected chi connectivity index (χ1v) is 11.1. The third-order valence-corrected chi connectivity index (χ3v) is 5.78. The standard InChI is InChI=1S/C23H19ClF4N4O5/c1-3-31-17(10-33)30-32(22(31)35)13-8-12-6-7-29-21(37-20-14(25)4-5-15(34)19(20)24)18(12)16(9-13)36-11(2)23(26,27)28/h4-9,11,33-34H,3,10H2,1-2H3/t11-/m0/s1. The van der Waals surface area contributed by atoms with Gasteiger partial charge in [0, 0.05) is 18.8 Å². The summed E-state index contributed by atoms with van der Waals surface area (Å²) in [6.45, 7) is 2.08. The van der Waals surface area contributed by atoms with Gasteiger partial charge in [0.1, 0.15) is 23.1 Å². The monoisotopic (exact) mass is 542 g/mol. The molecule has 2 aromatic heterocycles. The van der Waals surface area contributed by atoms with Gasteiger partial charge < -0.3 is 19.7 Å². The van der Waals surface area contributed by atoms with Crippen molar-refractivity contribution in [2.24, 2.45) is 0 Å². The van der Waals surface area contributed by atoms with E-state index in [4.69, 9.17) is 21.1 Å². The van der Waals surface area contributed by atoms with Gasteiger partial charge in [0.2, 0.25) is 5.88 Å². The lowest BCUT2D eigenvalue weighted by molar-refractivity contribution is -0.189. The number of alkyl halides is 3. The van der Waals surface area contributed by atoms with E-state index in [0.29, 0.717) is 0 Å². The number of benzene rings is 2. The third-order valence-electron chi connectivity index (χ3n) is 5.41. The van der Waals surface area contributed by atoms with Crippen LogP contribution in [0, 0.1) is 5.82 Å². The molecule has 0 amide bonds. The smallest absolute Gasteiger partial charge is 0.425 e. The van der Waals surface area contributed by atoms with E-state index in [1.54, 1.807) is 6.92 Å². The van der Waals surface area contributed by atoms with Crippen LogP contribution >= 0.6 is 11.6 Å². The second-order valence-electron chi connectivity index (χ2n) is 7.78. The Kier molecular flexibility index (Phi) is 7.02. The molecule has 2 heterocycles. The van der Waals surface area contributed by atoms with Crippen LogP contribution in [0.4, 0.5) is 17.6 Å². The summed E-state index contributed by atoms with van der Waals surface area (Å²) >= 11 is 5.96. The van der Waals surface area contributed by atoms with Crippen molar-refractivity contribution in [1.82, 2.24) is 19.3 Å². The van der Waals surface area contributed by atoms with Crippen molar-refractivity contribution >= 4 is 22.4 Å². The van der Waals surface area contributed by atoms with Gasteiger partial charge in [-0.05, 0) is 43.5 Å². The number of hydrogen-bond donors (Lipinski definition) is 2. The normalized spacial score (nSPS) is 12.6. The number of aromatic nitrogens is 4. The molecule has 0 aliphatic rings. The zero-order valence-electron chi connectivity index (χ0n) is 19.3. The summed E-state index contributed by atoms with van der Waals surface area (Å²) in [7, 11) is 0. The van der Waals surface area contributed by atoms with Crippen molar-refractivity contribution in [2.45, 2.75) is 39.3 Å². The minimum absolute atomic E-state index is 0.0301. The van der Waals surface area contributed by atoms with Gasteiger partial charge in [0.25, 0.3) is 0 Å². The average molecular weight is 543 g/mol. The molecule has 0 aliphatic heterocycles. The van der Waals surface area contributed by atoms with E-state index in [1.165, 1.54) is 22.9 Å². The van der Waals surface area contributed by atoms with Crippen LogP contribution in [0.3, 0.4) is 0 Å². The number of nitrogens with zero attached hydrogens (tertiary/aromatic N) is 4. The van der Waals surface area contributed by atoms with E-state index >= 15 is 0 Å². The second kappa shape index (κ2) is 9.90. The highest BCUT2D eigenvalue weighted by molar-refractivity contribution is 6.33. The van der Waals surface area contributed by atoms with Gasteiger partial charge in [0.15, 0.2) is 23.5 Å². The molecule has 0 spiro atoms. The Bertz CT molecular complexity index is 1540. The van der Waals surface area contributed by atoms with Crippen LogP contribution in [0.15, 0.2) is 41.3 Å². The first-order chi connectivity index (χ1) is 17.5. The van der Waals surface area contributed by atoms with E-state index in [1.807, 2.05) is 0 Å². The number of hydrogen-bond acceptors (Lipinski definition) is 7. The quantitative estimate of drug-likeness (QED) is 0.325. The van der Waals surface area contributed by atoms with Gasteiger partial charge in [-0.1, -0.05) is 11.6 Å². The average Bonchev–Trinajstić information content (AvgIpc) is 3.18. The molecule has 0 saturated heterocycles. The lowest BCUT2D eigenvalue weighted by Gasteiger charge is -2.20. The van der Waals surface area contributed by atoms with Gasteiger partial charge in [-0.2, -0.15) is 17.9 Å². The molecule has 4 aromatic rings. The van der Waals surface area contributed by atoms with Crippen molar-refractivity contribution in [3.63, 3.8) is 0 Å². The Balaban J connectivity index is 1.96. The van der Waals surface area contributed by atoms with Gasteiger partial charge in [-0.15, -0.1) is 5.10 Å². The molecule has 2 aromatic carbocycles. The van der Waals surface area contributed by atoms with Crippen LogP contribution in [0.25, 0.3) is 16.5 Å². The van der Waals surface area contributed by atoms with Gasteiger partial charge in [-0.25, -0.2) is 14.2 Å². The predicted octanol–water partition coefficient (Wildman–Crippen LogP) is 4.71. The summed E-state index contributed by atoms with van der Waals surface area (Å²) in [4.78, 5) is 16.8. The summed E-state index contributed by atoms with van der Waals surface area (Å²) in [6, 6.07) is 5.82. The van der Waals surface area contributed by atoms with E-state index in [-0.39, 0.29) is 34.7 Å². The molecular weight excluding hydrogens is 524 g/mol. The van der Waals surface area contributed by atoms with Crippen molar-refractivity contribution < 1.29 is 37.2 Å². The second-order valence-corrected chi connectivity index (χ2v) is 8.16. The zero-order valence-corrected chi connectivity index (χ0v) is 20.0. The summed E-state index contributed by atoms with van der Waals surface area (Å²) in [6.07, 6.45) is -5.81. The molecule has 2 N–H and O–H groups in total. The highest BCUT2D eigenvalue weighted by Gasteiger charge is 2.38. The summed E-state index contributed by atoms with van der Waals surface area (Å²) < 4.78 is 67.5. The zero-order chi connectivity index (χ0) is 27.1. The summed E-state index contributed by atoms with van der Waals surface area (Å²) in [5.41, 5.74) is -0.609. The molecule has 9 nitrogen and oxygen atoms in total. The number of rotatable bonds is 7. The lowest BCUT2D eigenvalue weighted by Crippen LogP contribution is -2.31. The maximum Gasteiger partial charge on any atom is 0.425 e. The highest BCUT2D eigenvalue weighted by atomic mass is 35.5. The van der Waals surface area contributed by atoms with Crippen LogP contribution in [0.5, 0.6) is 23.1 Å². The molecular formula is C23H19ClF4N4O5. The fourth-order valence-electron chi connectivity index (χ4n) is 3.53. The Hall–Kier alpha value is -3.84. The van der Waals surface area contributed by atoms with Crippen LogP contribution in [0.1, 0.15) is 19.7 Å². The number of aromatic hydroxyl groups is 1. The van der Waals surface area contributed by atoms with Crippen molar-refractivity contribution in [3.05, 3.63) is 63.7 Å². The van der Waals surface area contributed by atoms with Crippen LogP contribution < -0.4 is 15.2 Å². The third kappa shape index (κ3) is 4.91. The molecule has 4 rings (SSSR count). The van der Waals surface area contributed by atoms with Crippen LogP contribution in [-0.4, -0.2) is 41.8 Å². The number of phenols is 1.